The van der Waals surface area contributed by atoms with E-state index in [0.29, 0.717) is 5.82 Å². The van der Waals surface area contributed by atoms with Gasteiger partial charge in [0.15, 0.2) is 0 Å². The Kier molecular flexibility index (Phi) is 2.75. The lowest BCUT2D eigenvalue weighted by atomic mass is 10.2. The molecule has 0 aliphatic heterocycles. The van der Waals surface area contributed by atoms with Crippen LogP contribution in [0.2, 0.25) is 0 Å². The third-order valence-electron chi connectivity index (χ3n) is 1.49. The number of anilines is 1. The van der Waals surface area contributed by atoms with Crippen molar-refractivity contribution < 1.29 is 13.2 Å². The minimum Gasteiger partial charge on any atom is -0.373 e. The molecule has 0 aliphatic carbocycles. The monoisotopic (exact) mass is 190 g/mol. The highest BCUT2D eigenvalue weighted by molar-refractivity contribution is 5.34. The number of hydrogen-bond donors (Lipinski definition) is 1. The highest BCUT2D eigenvalue weighted by Crippen LogP contribution is 2.20. The predicted molar refractivity (Wildman–Crippen MR) is 43.5 cm³/mol. The van der Waals surface area contributed by atoms with Crippen LogP contribution in [0.15, 0.2) is 18.3 Å². The maximum Gasteiger partial charge on any atom is 0.393 e. The predicted octanol–water partition coefficient (Wildman–Crippen LogP) is 2.23. The summed E-state index contributed by atoms with van der Waals surface area (Å²) >= 11 is 0. The molecule has 0 atom stereocenters. The quantitative estimate of drug-likeness (QED) is 0.773. The summed E-state index contributed by atoms with van der Waals surface area (Å²) in [6, 6.07) is 2.92. The Morgan fingerprint density at radius 3 is 2.46 bits per heavy atom. The highest BCUT2D eigenvalue weighted by atomic mass is 19.4. The van der Waals surface area contributed by atoms with Crippen LogP contribution in [0, 0.1) is 0 Å². The van der Waals surface area contributed by atoms with E-state index in [1.165, 1.54) is 18.3 Å². The summed E-state index contributed by atoms with van der Waals surface area (Å²) in [5.74, 6) is 0.561. The second-order valence-corrected chi connectivity index (χ2v) is 2.59. The standard InChI is InChI=1S/C8H9F3N2/c1-12-7-3-2-6(5-13-7)4-8(9,10)11/h2-3,5H,4H2,1H3,(H,12,13). The SMILES string of the molecule is CNc1ccc(CC(F)(F)F)cn1. The van der Waals surface area contributed by atoms with Crippen molar-refractivity contribution in [2.45, 2.75) is 12.6 Å². The van der Waals surface area contributed by atoms with E-state index in [2.05, 4.69) is 10.3 Å². The molecule has 0 saturated heterocycles. The Bertz CT molecular complexity index is 266. The van der Waals surface area contributed by atoms with Crippen LogP contribution in [0.3, 0.4) is 0 Å². The average molecular weight is 190 g/mol. The first kappa shape index (κ1) is 9.83. The summed E-state index contributed by atoms with van der Waals surface area (Å²) < 4.78 is 35.6. The van der Waals surface area contributed by atoms with Gasteiger partial charge in [-0.15, -0.1) is 0 Å². The molecular formula is C8H9F3N2. The van der Waals surface area contributed by atoms with Crippen LogP contribution in [0.25, 0.3) is 0 Å². The number of alkyl halides is 3. The largest absolute Gasteiger partial charge is 0.393 e. The molecule has 0 fully saturated rings. The lowest BCUT2D eigenvalue weighted by molar-refractivity contribution is -0.127. The van der Waals surface area contributed by atoms with E-state index < -0.39 is 12.6 Å². The van der Waals surface area contributed by atoms with Gasteiger partial charge >= 0.3 is 6.18 Å². The molecule has 0 radical (unpaired) electrons. The fraction of sp³-hybridized carbons (Fsp3) is 0.375. The van der Waals surface area contributed by atoms with Gasteiger partial charge in [-0.2, -0.15) is 13.2 Å². The fourth-order valence-electron chi connectivity index (χ4n) is 0.908. The third-order valence-corrected chi connectivity index (χ3v) is 1.49. The van der Waals surface area contributed by atoms with E-state index in [-0.39, 0.29) is 5.56 Å². The lowest BCUT2D eigenvalue weighted by Crippen LogP contribution is -2.11. The van der Waals surface area contributed by atoms with Crippen molar-refractivity contribution in [2.75, 3.05) is 12.4 Å². The molecule has 0 amide bonds. The normalized spacial score (nSPS) is 11.4. The summed E-state index contributed by atoms with van der Waals surface area (Å²) in [5.41, 5.74) is 0.173. The molecule has 0 bridgehead atoms. The second-order valence-electron chi connectivity index (χ2n) is 2.59. The zero-order valence-corrected chi connectivity index (χ0v) is 7.02. The highest BCUT2D eigenvalue weighted by Gasteiger charge is 2.27. The van der Waals surface area contributed by atoms with Gasteiger partial charge in [0, 0.05) is 13.2 Å². The molecule has 0 unspecified atom stereocenters. The maximum absolute atomic E-state index is 11.9. The molecule has 0 spiro atoms. The topological polar surface area (TPSA) is 24.9 Å². The van der Waals surface area contributed by atoms with E-state index in [1.807, 2.05) is 0 Å². The fourth-order valence-corrected chi connectivity index (χ4v) is 0.908. The van der Waals surface area contributed by atoms with E-state index in [0.717, 1.165) is 0 Å². The van der Waals surface area contributed by atoms with E-state index in [4.69, 9.17) is 0 Å². The Labute approximate surface area is 73.8 Å². The van der Waals surface area contributed by atoms with Crippen LogP contribution in [0.5, 0.6) is 0 Å². The maximum atomic E-state index is 11.9. The van der Waals surface area contributed by atoms with Gasteiger partial charge in [-0.25, -0.2) is 4.98 Å². The molecule has 1 rings (SSSR count). The van der Waals surface area contributed by atoms with Crippen LogP contribution in [0.1, 0.15) is 5.56 Å². The molecule has 0 saturated carbocycles. The summed E-state index contributed by atoms with van der Waals surface area (Å²) in [5, 5.41) is 2.72. The zero-order chi connectivity index (χ0) is 9.90. The zero-order valence-electron chi connectivity index (χ0n) is 7.02. The van der Waals surface area contributed by atoms with Gasteiger partial charge in [-0.3, -0.25) is 0 Å². The van der Waals surface area contributed by atoms with Crippen molar-refractivity contribution in [3.8, 4) is 0 Å². The molecule has 2 nitrogen and oxygen atoms in total. The van der Waals surface area contributed by atoms with Crippen molar-refractivity contribution in [3.05, 3.63) is 23.9 Å². The lowest BCUT2D eigenvalue weighted by Gasteiger charge is -2.06. The molecule has 72 valence electrons. The number of nitrogens with zero attached hydrogens (tertiary/aromatic N) is 1. The first-order valence-electron chi connectivity index (χ1n) is 3.71. The van der Waals surface area contributed by atoms with E-state index >= 15 is 0 Å². The summed E-state index contributed by atoms with van der Waals surface area (Å²) in [6.07, 6.45) is -3.87. The van der Waals surface area contributed by atoms with Crippen LogP contribution >= 0.6 is 0 Å². The Morgan fingerprint density at radius 1 is 1.38 bits per heavy atom. The van der Waals surface area contributed by atoms with Crippen LogP contribution in [0.4, 0.5) is 19.0 Å². The molecule has 1 N–H and O–H groups in total. The first-order valence-corrected chi connectivity index (χ1v) is 3.71. The summed E-state index contributed by atoms with van der Waals surface area (Å²) in [4.78, 5) is 3.77. The Hall–Kier alpha value is -1.26. The Balaban J connectivity index is 2.70. The summed E-state index contributed by atoms with van der Waals surface area (Å²) in [7, 11) is 1.66. The van der Waals surface area contributed by atoms with Gasteiger partial charge in [-0.05, 0) is 11.6 Å². The molecule has 1 heterocycles. The van der Waals surface area contributed by atoms with E-state index in [9.17, 15) is 13.2 Å². The van der Waals surface area contributed by atoms with Crippen molar-refractivity contribution in [1.29, 1.82) is 0 Å². The molecule has 1 aromatic rings. The number of halogens is 3. The van der Waals surface area contributed by atoms with Gasteiger partial charge in [0.1, 0.15) is 5.82 Å². The smallest absolute Gasteiger partial charge is 0.373 e. The first-order chi connectivity index (χ1) is 6.01. The summed E-state index contributed by atoms with van der Waals surface area (Å²) in [6.45, 7) is 0. The van der Waals surface area contributed by atoms with Crippen LogP contribution < -0.4 is 5.32 Å². The van der Waals surface area contributed by atoms with Crippen LogP contribution in [-0.4, -0.2) is 18.2 Å². The van der Waals surface area contributed by atoms with Crippen molar-refractivity contribution >= 4 is 5.82 Å². The van der Waals surface area contributed by atoms with Gasteiger partial charge in [-0.1, -0.05) is 6.07 Å². The number of pyridine rings is 1. The van der Waals surface area contributed by atoms with Crippen molar-refractivity contribution in [2.24, 2.45) is 0 Å². The average Bonchev–Trinajstić information content (AvgIpc) is 2.03. The molecule has 5 heteroatoms. The van der Waals surface area contributed by atoms with Gasteiger partial charge in [0.25, 0.3) is 0 Å². The molecule has 0 aromatic carbocycles. The molecular weight excluding hydrogens is 181 g/mol. The number of aromatic nitrogens is 1. The van der Waals surface area contributed by atoms with Crippen molar-refractivity contribution in [3.63, 3.8) is 0 Å². The number of nitrogens with one attached hydrogen (secondary N) is 1. The Morgan fingerprint density at radius 2 is 2.08 bits per heavy atom. The van der Waals surface area contributed by atoms with Gasteiger partial charge in [0.05, 0.1) is 6.42 Å². The molecule has 1 aromatic heterocycles. The number of hydrogen-bond acceptors (Lipinski definition) is 2. The second kappa shape index (κ2) is 3.64. The minimum atomic E-state index is -4.16. The van der Waals surface area contributed by atoms with E-state index in [1.54, 1.807) is 7.05 Å². The third kappa shape index (κ3) is 3.31. The number of rotatable bonds is 2. The van der Waals surface area contributed by atoms with Gasteiger partial charge in [0.2, 0.25) is 0 Å². The molecule has 0 aliphatic rings. The van der Waals surface area contributed by atoms with Crippen LogP contribution in [-0.2, 0) is 6.42 Å². The molecule has 13 heavy (non-hydrogen) atoms. The van der Waals surface area contributed by atoms with Crippen molar-refractivity contribution in [1.82, 2.24) is 4.98 Å². The van der Waals surface area contributed by atoms with Gasteiger partial charge < -0.3 is 5.32 Å². The minimum absolute atomic E-state index is 0.173.